The van der Waals surface area contributed by atoms with Crippen molar-refractivity contribution >= 4 is 5.78 Å². The number of nitrogens with zero attached hydrogens (tertiary/aromatic N) is 2. The molecule has 1 unspecified atom stereocenters. The molecule has 1 aliphatic heterocycles. The number of carbonyl (C=O) groups is 1. The van der Waals surface area contributed by atoms with Gasteiger partial charge in [0, 0.05) is 19.7 Å². The molecule has 1 aromatic carbocycles. The number of rotatable bonds is 3. The van der Waals surface area contributed by atoms with E-state index in [0.29, 0.717) is 13.0 Å². The molecule has 0 saturated heterocycles. The normalized spacial score (nSPS) is 18.1. The van der Waals surface area contributed by atoms with Crippen LogP contribution in [-0.2, 0) is 29.4 Å². The molecule has 0 N–H and O–H groups in total. The molecule has 4 heteroatoms. The van der Waals surface area contributed by atoms with Gasteiger partial charge in [-0.3, -0.25) is 9.48 Å². The van der Waals surface area contributed by atoms with Gasteiger partial charge in [-0.2, -0.15) is 5.10 Å². The van der Waals surface area contributed by atoms with Crippen molar-refractivity contribution in [1.82, 2.24) is 9.78 Å². The number of hydrogen-bond donors (Lipinski definition) is 0. The molecule has 19 heavy (non-hydrogen) atoms. The minimum Gasteiger partial charge on any atom is -0.365 e. The first kappa shape index (κ1) is 12.1. The SMILES string of the molecule is Cn1cc(CC(=O)C2OCCc3ccccc32)cn1. The first-order chi connectivity index (χ1) is 9.24. The first-order valence-corrected chi connectivity index (χ1v) is 6.43. The Labute approximate surface area is 112 Å². The van der Waals surface area contributed by atoms with Gasteiger partial charge in [0.2, 0.25) is 0 Å². The summed E-state index contributed by atoms with van der Waals surface area (Å²) >= 11 is 0. The number of Topliss-reactive ketones (excluding diaryl/α,β-unsaturated/α-hetero) is 1. The summed E-state index contributed by atoms with van der Waals surface area (Å²) in [6, 6.07) is 8.02. The Morgan fingerprint density at radius 3 is 3.11 bits per heavy atom. The topological polar surface area (TPSA) is 44.1 Å². The van der Waals surface area contributed by atoms with Crippen LogP contribution in [0.4, 0.5) is 0 Å². The lowest BCUT2D eigenvalue weighted by Crippen LogP contribution is -2.24. The van der Waals surface area contributed by atoms with Gasteiger partial charge in [0.15, 0.2) is 5.78 Å². The number of hydrogen-bond acceptors (Lipinski definition) is 3. The van der Waals surface area contributed by atoms with E-state index in [2.05, 4.69) is 11.2 Å². The molecule has 4 nitrogen and oxygen atoms in total. The Morgan fingerprint density at radius 2 is 2.32 bits per heavy atom. The van der Waals surface area contributed by atoms with Crippen molar-refractivity contribution in [3.8, 4) is 0 Å². The second-order valence-corrected chi connectivity index (χ2v) is 4.86. The second kappa shape index (κ2) is 4.97. The van der Waals surface area contributed by atoms with Gasteiger partial charge in [-0.05, 0) is 23.1 Å². The lowest BCUT2D eigenvalue weighted by Gasteiger charge is -2.24. The Kier molecular flexibility index (Phi) is 3.17. The molecule has 2 aromatic rings. The summed E-state index contributed by atoms with van der Waals surface area (Å²) in [5.41, 5.74) is 3.17. The summed E-state index contributed by atoms with van der Waals surface area (Å²) in [4.78, 5) is 12.4. The highest BCUT2D eigenvalue weighted by atomic mass is 16.5. The molecule has 1 aromatic heterocycles. The minimum absolute atomic E-state index is 0.0974. The summed E-state index contributed by atoms with van der Waals surface area (Å²) in [5, 5.41) is 4.08. The fraction of sp³-hybridized carbons (Fsp3) is 0.333. The van der Waals surface area contributed by atoms with Crippen molar-refractivity contribution in [2.45, 2.75) is 18.9 Å². The first-order valence-electron chi connectivity index (χ1n) is 6.43. The van der Waals surface area contributed by atoms with Gasteiger partial charge in [0.1, 0.15) is 6.10 Å². The molecule has 98 valence electrons. The molecule has 2 heterocycles. The highest BCUT2D eigenvalue weighted by Crippen LogP contribution is 2.28. The maximum absolute atomic E-state index is 12.4. The van der Waals surface area contributed by atoms with Gasteiger partial charge in [-0.25, -0.2) is 0 Å². The summed E-state index contributed by atoms with van der Waals surface area (Å²) in [7, 11) is 1.85. The van der Waals surface area contributed by atoms with Crippen LogP contribution in [0.15, 0.2) is 36.7 Å². The Morgan fingerprint density at radius 1 is 1.47 bits per heavy atom. The summed E-state index contributed by atoms with van der Waals surface area (Å²) in [6.07, 6.45) is 4.42. The molecule has 0 fully saturated rings. The average Bonchev–Trinajstić information content (AvgIpc) is 2.83. The molecule has 0 radical (unpaired) electrons. The summed E-state index contributed by atoms with van der Waals surface area (Å²) in [6.45, 7) is 0.612. The van der Waals surface area contributed by atoms with Crippen LogP contribution in [0.1, 0.15) is 22.8 Å². The summed E-state index contributed by atoms with van der Waals surface area (Å²) < 4.78 is 7.38. The van der Waals surface area contributed by atoms with Crippen LogP contribution in [0, 0.1) is 0 Å². The fourth-order valence-electron chi connectivity index (χ4n) is 2.52. The van der Waals surface area contributed by atoms with Crippen LogP contribution < -0.4 is 0 Å². The molecule has 0 bridgehead atoms. The quantitative estimate of drug-likeness (QED) is 0.841. The number of ketones is 1. The maximum Gasteiger partial charge on any atom is 0.170 e. The Balaban J connectivity index is 1.81. The van der Waals surface area contributed by atoms with Crippen molar-refractivity contribution in [1.29, 1.82) is 0 Å². The highest BCUT2D eigenvalue weighted by Gasteiger charge is 2.27. The van der Waals surface area contributed by atoms with E-state index >= 15 is 0 Å². The predicted molar refractivity (Wildman–Crippen MR) is 70.8 cm³/mol. The largest absolute Gasteiger partial charge is 0.365 e. The van der Waals surface area contributed by atoms with E-state index in [-0.39, 0.29) is 5.78 Å². The molecule has 3 rings (SSSR count). The molecule has 0 spiro atoms. The van der Waals surface area contributed by atoms with Crippen LogP contribution in [0.2, 0.25) is 0 Å². The number of carbonyl (C=O) groups excluding carboxylic acids is 1. The molecular weight excluding hydrogens is 240 g/mol. The van der Waals surface area contributed by atoms with E-state index in [1.165, 1.54) is 5.56 Å². The van der Waals surface area contributed by atoms with Gasteiger partial charge in [0.25, 0.3) is 0 Å². The van der Waals surface area contributed by atoms with Gasteiger partial charge in [-0.15, -0.1) is 0 Å². The maximum atomic E-state index is 12.4. The molecule has 1 aliphatic rings. The number of fused-ring (bicyclic) bond motifs is 1. The highest BCUT2D eigenvalue weighted by molar-refractivity contribution is 5.86. The van der Waals surface area contributed by atoms with E-state index in [4.69, 9.17) is 4.74 Å². The average molecular weight is 256 g/mol. The summed E-state index contributed by atoms with van der Waals surface area (Å²) in [5.74, 6) is 0.0974. The molecular formula is C15H16N2O2. The standard InChI is InChI=1S/C15H16N2O2/c1-17-10-11(9-16-17)8-14(18)15-13-5-3-2-4-12(13)6-7-19-15/h2-5,9-10,15H,6-8H2,1H3. The van der Waals surface area contributed by atoms with Crippen molar-refractivity contribution in [3.05, 3.63) is 53.3 Å². The fourth-order valence-corrected chi connectivity index (χ4v) is 2.52. The van der Waals surface area contributed by atoms with E-state index in [1.54, 1.807) is 10.9 Å². The second-order valence-electron chi connectivity index (χ2n) is 4.86. The number of aryl methyl sites for hydroxylation is 1. The van der Waals surface area contributed by atoms with Crippen LogP contribution in [0.5, 0.6) is 0 Å². The number of benzene rings is 1. The van der Waals surface area contributed by atoms with Crippen LogP contribution in [0.3, 0.4) is 0 Å². The monoisotopic (exact) mass is 256 g/mol. The number of ether oxygens (including phenoxy) is 1. The van der Waals surface area contributed by atoms with E-state index in [1.807, 2.05) is 31.4 Å². The van der Waals surface area contributed by atoms with Crippen molar-refractivity contribution in [3.63, 3.8) is 0 Å². The lowest BCUT2D eigenvalue weighted by atomic mass is 9.93. The lowest BCUT2D eigenvalue weighted by molar-refractivity contribution is -0.131. The van der Waals surface area contributed by atoms with E-state index < -0.39 is 6.10 Å². The van der Waals surface area contributed by atoms with Gasteiger partial charge >= 0.3 is 0 Å². The molecule has 1 atom stereocenters. The Bertz CT molecular complexity index is 604. The van der Waals surface area contributed by atoms with Gasteiger partial charge in [-0.1, -0.05) is 24.3 Å². The Hall–Kier alpha value is -1.94. The van der Waals surface area contributed by atoms with E-state index in [0.717, 1.165) is 17.5 Å². The third-order valence-electron chi connectivity index (χ3n) is 3.42. The predicted octanol–water partition coefficient (Wildman–Crippen LogP) is 1.85. The number of aromatic nitrogens is 2. The minimum atomic E-state index is -0.426. The van der Waals surface area contributed by atoms with Crippen LogP contribution in [0.25, 0.3) is 0 Å². The zero-order valence-corrected chi connectivity index (χ0v) is 10.9. The van der Waals surface area contributed by atoms with Crippen molar-refractivity contribution in [2.24, 2.45) is 7.05 Å². The van der Waals surface area contributed by atoms with Crippen LogP contribution in [-0.4, -0.2) is 22.2 Å². The van der Waals surface area contributed by atoms with Crippen LogP contribution >= 0.6 is 0 Å². The molecule has 0 amide bonds. The smallest absolute Gasteiger partial charge is 0.170 e. The zero-order valence-electron chi connectivity index (χ0n) is 10.9. The molecule has 0 saturated carbocycles. The van der Waals surface area contributed by atoms with E-state index in [9.17, 15) is 4.79 Å². The van der Waals surface area contributed by atoms with Gasteiger partial charge in [0.05, 0.1) is 12.8 Å². The third-order valence-corrected chi connectivity index (χ3v) is 3.42. The third kappa shape index (κ3) is 2.44. The van der Waals surface area contributed by atoms with Crippen molar-refractivity contribution < 1.29 is 9.53 Å². The van der Waals surface area contributed by atoms with Crippen molar-refractivity contribution in [2.75, 3.05) is 6.61 Å². The van der Waals surface area contributed by atoms with Gasteiger partial charge < -0.3 is 4.74 Å². The zero-order chi connectivity index (χ0) is 13.2. The molecule has 0 aliphatic carbocycles.